The summed E-state index contributed by atoms with van der Waals surface area (Å²) in [5, 5.41) is 0. The summed E-state index contributed by atoms with van der Waals surface area (Å²) >= 11 is 4.87. The van der Waals surface area contributed by atoms with E-state index >= 15 is 0 Å². The highest BCUT2D eigenvalue weighted by atomic mass is 32.1. The van der Waals surface area contributed by atoms with Crippen LogP contribution in [-0.2, 0) is 11.3 Å². The van der Waals surface area contributed by atoms with Crippen molar-refractivity contribution in [1.29, 1.82) is 0 Å². The summed E-state index contributed by atoms with van der Waals surface area (Å²) < 4.78 is 19.2. The van der Waals surface area contributed by atoms with Crippen molar-refractivity contribution in [2.75, 3.05) is 19.7 Å². The number of thiocarbonyl (C=S) groups is 1. The molecule has 0 bridgehead atoms. The lowest BCUT2D eigenvalue weighted by Crippen LogP contribution is -2.31. The van der Waals surface area contributed by atoms with Gasteiger partial charge in [0.1, 0.15) is 10.8 Å². The number of nitrogens with two attached hydrogens (primary N) is 1. The first-order valence-electron chi connectivity index (χ1n) is 7.02. The average molecular weight is 296 g/mol. The molecule has 0 spiro atoms. The number of rotatable bonds is 6. The van der Waals surface area contributed by atoms with Gasteiger partial charge in [0.25, 0.3) is 0 Å². The van der Waals surface area contributed by atoms with Gasteiger partial charge < -0.3 is 10.5 Å². The predicted octanol–water partition coefficient (Wildman–Crippen LogP) is 2.46. The minimum Gasteiger partial charge on any atom is -0.389 e. The van der Waals surface area contributed by atoms with Crippen molar-refractivity contribution < 1.29 is 9.13 Å². The van der Waals surface area contributed by atoms with Crippen LogP contribution in [-0.4, -0.2) is 35.7 Å². The van der Waals surface area contributed by atoms with Crippen molar-refractivity contribution in [3.8, 4) is 0 Å². The minimum atomic E-state index is -0.358. The van der Waals surface area contributed by atoms with E-state index in [1.807, 2.05) is 0 Å². The smallest absolute Gasteiger partial charge is 0.133 e. The molecular weight excluding hydrogens is 275 g/mol. The third-order valence-corrected chi connectivity index (χ3v) is 3.86. The van der Waals surface area contributed by atoms with Crippen molar-refractivity contribution in [2.45, 2.75) is 32.4 Å². The molecule has 0 aromatic heterocycles. The average Bonchev–Trinajstić information content (AvgIpc) is 2.92. The normalized spacial score (nSPS) is 18.6. The van der Waals surface area contributed by atoms with Crippen molar-refractivity contribution in [1.82, 2.24) is 4.90 Å². The van der Waals surface area contributed by atoms with Crippen LogP contribution in [0.3, 0.4) is 0 Å². The maximum absolute atomic E-state index is 13.6. The summed E-state index contributed by atoms with van der Waals surface area (Å²) in [6.07, 6.45) is 2.59. The Bertz CT molecular complexity index is 475. The van der Waals surface area contributed by atoms with E-state index in [1.54, 1.807) is 12.1 Å². The first-order chi connectivity index (χ1) is 9.60. The molecule has 2 N–H and O–H groups in total. The van der Waals surface area contributed by atoms with E-state index in [-0.39, 0.29) is 10.8 Å². The first kappa shape index (κ1) is 15.4. The molecule has 0 radical (unpaired) electrons. The number of likely N-dealkylation sites (N-methyl/N-ethyl adjacent to an activating group) is 1. The van der Waals surface area contributed by atoms with Crippen LogP contribution in [0.15, 0.2) is 18.2 Å². The van der Waals surface area contributed by atoms with Crippen molar-refractivity contribution in [3.05, 3.63) is 35.1 Å². The summed E-state index contributed by atoms with van der Waals surface area (Å²) in [7, 11) is 0. The zero-order valence-electron chi connectivity index (χ0n) is 11.8. The lowest BCUT2D eigenvalue weighted by atomic mass is 10.1. The molecule has 1 atom stereocenters. The Balaban J connectivity index is 2.03. The molecule has 2 rings (SSSR count). The molecule has 20 heavy (non-hydrogen) atoms. The predicted molar refractivity (Wildman–Crippen MR) is 82.2 cm³/mol. The van der Waals surface area contributed by atoms with E-state index in [4.69, 9.17) is 22.7 Å². The lowest BCUT2D eigenvalue weighted by molar-refractivity contribution is 0.0725. The lowest BCUT2D eigenvalue weighted by Gasteiger charge is -2.24. The quantitative estimate of drug-likeness (QED) is 0.819. The van der Waals surface area contributed by atoms with Gasteiger partial charge in [0, 0.05) is 25.3 Å². The highest BCUT2D eigenvalue weighted by Gasteiger charge is 2.18. The molecule has 1 aliphatic rings. The van der Waals surface area contributed by atoms with Gasteiger partial charge in [-0.1, -0.05) is 25.2 Å². The number of hydrogen-bond acceptors (Lipinski definition) is 3. The van der Waals surface area contributed by atoms with Gasteiger partial charge in [-0.15, -0.1) is 0 Å². The third-order valence-electron chi connectivity index (χ3n) is 3.64. The minimum absolute atomic E-state index is 0.103. The van der Waals surface area contributed by atoms with Gasteiger partial charge in [0.05, 0.1) is 6.10 Å². The summed E-state index contributed by atoms with van der Waals surface area (Å²) in [5.74, 6) is -0.358. The maximum Gasteiger partial charge on any atom is 0.133 e. The molecule has 1 unspecified atom stereocenters. The van der Waals surface area contributed by atoms with E-state index in [0.717, 1.165) is 44.6 Å². The molecule has 1 aliphatic heterocycles. The van der Waals surface area contributed by atoms with Crippen LogP contribution in [0.5, 0.6) is 0 Å². The Morgan fingerprint density at radius 2 is 2.35 bits per heavy atom. The second-order valence-electron chi connectivity index (χ2n) is 5.14. The molecule has 3 nitrogen and oxygen atoms in total. The van der Waals surface area contributed by atoms with Gasteiger partial charge in [0.2, 0.25) is 0 Å². The summed E-state index contributed by atoms with van der Waals surface area (Å²) in [4.78, 5) is 2.40. The molecule has 5 heteroatoms. The topological polar surface area (TPSA) is 38.5 Å². The van der Waals surface area contributed by atoms with Crippen LogP contribution in [0.1, 0.15) is 30.9 Å². The van der Waals surface area contributed by atoms with Gasteiger partial charge in [-0.3, -0.25) is 4.90 Å². The standard InChI is InChI=1S/C15H21FN2OS/c1-2-18(10-12-4-3-7-19-12)9-11-5-6-14(16)13(8-11)15(17)20/h5-6,8,12H,2-4,7,9-10H2,1H3,(H2,17,20). The number of halogens is 1. The summed E-state index contributed by atoms with van der Waals surface area (Å²) in [6, 6.07) is 4.97. The zero-order valence-corrected chi connectivity index (χ0v) is 12.6. The second kappa shape index (κ2) is 7.11. The second-order valence-corrected chi connectivity index (χ2v) is 5.58. The zero-order chi connectivity index (χ0) is 14.5. The van der Waals surface area contributed by atoms with Gasteiger partial charge in [-0.2, -0.15) is 0 Å². The molecule has 1 saturated heterocycles. The molecule has 1 fully saturated rings. The molecule has 0 saturated carbocycles. The van der Waals surface area contributed by atoms with Crippen LogP contribution >= 0.6 is 12.2 Å². The van der Waals surface area contributed by atoms with Crippen LogP contribution in [0.25, 0.3) is 0 Å². The molecular formula is C15H21FN2OS. The molecule has 0 amide bonds. The highest BCUT2D eigenvalue weighted by molar-refractivity contribution is 7.80. The van der Waals surface area contributed by atoms with E-state index in [9.17, 15) is 4.39 Å². The maximum atomic E-state index is 13.6. The fourth-order valence-electron chi connectivity index (χ4n) is 2.50. The van der Waals surface area contributed by atoms with Crippen LogP contribution in [0.4, 0.5) is 4.39 Å². The Morgan fingerprint density at radius 3 is 2.95 bits per heavy atom. The third kappa shape index (κ3) is 3.98. The van der Waals surface area contributed by atoms with E-state index in [2.05, 4.69) is 11.8 Å². The van der Waals surface area contributed by atoms with E-state index in [0.29, 0.717) is 11.7 Å². The first-order valence-corrected chi connectivity index (χ1v) is 7.43. The van der Waals surface area contributed by atoms with Crippen LogP contribution in [0.2, 0.25) is 0 Å². The number of nitrogens with zero attached hydrogens (tertiary/aromatic N) is 1. The van der Waals surface area contributed by atoms with E-state index in [1.165, 1.54) is 6.07 Å². The molecule has 0 aliphatic carbocycles. The Hall–Kier alpha value is -1.04. The molecule has 110 valence electrons. The fourth-order valence-corrected chi connectivity index (χ4v) is 2.66. The van der Waals surface area contributed by atoms with Crippen molar-refractivity contribution >= 4 is 17.2 Å². The molecule has 1 aromatic carbocycles. The number of ether oxygens (including phenoxy) is 1. The van der Waals surface area contributed by atoms with Gasteiger partial charge in [-0.25, -0.2) is 4.39 Å². The molecule has 1 aromatic rings. The van der Waals surface area contributed by atoms with Crippen molar-refractivity contribution in [3.63, 3.8) is 0 Å². The fraction of sp³-hybridized carbons (Fsp3) is 0.533. The monoisotopic (exact) mass is 296 g/mol. The van der Waals surface area contributed by atoms with Gasteiger partial charge in [-0.05, 0) is 37.1 Å². The largest absolute Gasteiger partial charge is 0.389 e. The van der Waals surface area contributed by atoms with Gasteiger partial charge in [0.15, 0.2) is 0 Å². The Labute approximate surface area is 124 Å². The van der Waals surface area contributed by atoms with E-state index < -0.39 is 0 Å². The number of hydrogen-bond donors (Lipinski definition) is 1. The summed E-state index contributed by atoms with van der Waals surface area (Å²) in [5.41, 5.74) is 6.88. The Kier molecular flexibility index (Phi) is 5.46. The molecule has 1 heterocycles. The number of benzene rings is 1. The van der Waals surface area contributed by atoms with Crippen LogP contribution < -0.4 is 5.73 Å². The highest BCUT2D eigenvalue weighted by Crippen LogP contribution is 2.16. The summed E-state index contributed by atoms with van der Waals surface area (Å²) in [6.45, 7) is 5.58. The Morgan fingerprint density at radius 1 is 1.55 bits per heavy atom. The van der Waals surface area contributed by atoms with Crippen molar-refractivity contribution in [2.24, 2.45) is 5.73 Å². The SMILES string of the molecule is CCN(Cc1ccc(F)c(C(N)=S)c1)CC1CCCO1. The van der Waals surface area contributed by atoms with Gasteiger partial charge >= 0.3 is 0 Å². The van der Waals surface area contributed by atoms with Crippen LogP contribution in [0, 0.1) is 5.82 Å².